The highest BCUT2D eigenvalue weighted by Crippen LogP contribution is 2.53. The van der Waals surface area contributed by atoms with E-state index >= 15 is 0 Å². The second-order valence-corrected chi connectivity index (χ2v) is 7.97. The number of rotatable bonds is 6. The van der Waals surface area contributed by atoms with Crippen molar-refractivity contribution >= 4 is 11.9 Å². The molecule has 32 heavy (non-hydrogen) atoms. The van der Waals surface area contributed by atoms with Gasteiger partial charge in [0.25, 0.3) is 0 Å². The molecule has 4 atom stereocenters. The van der Waals surface area contributed by atoms with Crippen molar-refractivity contribution in [3.8, 4) is 0 Å². The van der Waals surface area contributed by atoms with E-state index in [0.717, 1.165) is 16.7 Å². The molecule has 3 aromatic carbocycles. The molecule has 1 saturated heterocycles. The Kier molecular flexibility index (Phi) is 6.66. The van der Waals surface area contributed by atoms with Crippen LogP contribution in [0.1, 0.15) is 28.8 Å². The molecule has 0 bridgehead atoms. The molecule has 4 rings (SSSR count). The number of carbonyl (C=O) groups excluding carboxylic acids is 2. The van der Waals surface area contributed by atoms with E-state index in [1.807, 2.05) is 78.9 Å². The first-order valence-electron chi connectivity index (χ1n) is 10.7. The van der Waals surface area contributed by atoms with Crippen LogP contribution in [0, 0.1) is 11.8 Å². The van der Waals surface area contributed by atoms with Crippen molar-refractivity contribution in [2.24, 2.45) is 11.8 Å². The van der Waals surface area contributed by atoms with Gasteiger partial charge in [-0.3, -0.25) is 14.5 Å². The van der Waals surface area contributed by atoms with Gasteiger partial charge in [0.1, 0.15) is 0 Å². The van der Waals surface area contributed by atoms with Crippen LogP contribution in [0.5, 0.6) is 0 Å². The molecular formula is C27H27NO4. The third-order valence-corrected chi connectivity index (χ3v) is 6.22. The van der Waals surface area contributed by atoms with Crippen LogP contribution in [-0.2, 0) is 25.6 Å². The topological polar surface area (TPSA) is 55.8 Å². The standard InChI is InChI=1S/C27H27NO4/c1-31-26(29)22-23(27(30)32-2)25(21-16-10-5-11-17-21)28(18-19-12-6-3-7-13-19)24(22)20-14-8-4-9-15-20/h3-17,22-25H,18H2,1-2H3/t22-,23-,24+,25+/m0/s1. The van der Waals surface area contributed by atoms with Crippen molar-refractivity contribution in [2.75, 3.05) is 14.2 Å². The fraction of sp³-hybridized carbons (Fsp3) is 0.259. The Hall–Kier alpha value is -3.44. The minimum absolute atomic E-state index is 0.349. The predicted octanol–water partition coefficient (Wildman–Crippen LogP) is 4.56. The molecule has 1 fully saturated rings. The van der Waals surface area contributed by atoms with Gasteiger partial charge < -0.3 is 9.47 Å². The van der Waals surface area contributed by atoms with E-state index < -0.39 is 23.8 Å². The van der Waals surface area contributed by atoms with E-state index in [2.05, 4.69) is 17.0 Å². The number of nitrogens with zero attached hydrogens (tertiary/aromatic N) is 1. The molecule has 164 valence electrons. The molecule has 1 aliphatic heterocycles. The zero-order valence-electron chi connectivity index (χ0n) is 18.3. The van der Waals surface area contributed by atoms with Gasteiger partial charge in [-0.1, -0.05) is 91.0 Å². The van der Waals surface area contributed by atoms with E-state index in [0.29, 0.717) is 6.54 Å². The Morgan fingerprint density at radius 1 is 0.656 bits per heavy atom. The number of benzene rings is 3. The highest BCUT2D eigenvalue weighted by molar-refractivity contribution is 5.84. The van der Waals surface area contributed by atoms with Gasteiger partial charge in [0, 0.05) is 6.54 Å². The molecule has 0 aromatic heterocycles. The molecule has 5 nitrogen and oxygen atoms in total. The number of hydrogen-bond acceptors (Lipinski definition) is 5. The van der Waals surface area contributed by atoms with Gasteiger partial charge in [0.15, 0.2) is 0 Å². The molecule has 0 saturated carbocycles. The molecule has 0 amide bonds. The number of likely N-dealkylation sites (tertiary alicyclic amines) is 1. The van der Waals surface area contributed by atoms with E-state index in [-0.39, 0.29) is 12.1 Å². The number of esters is 2. The normalized spacial score (nSPS) is 22.9. The summed E-state index contributed by atoms with van der Waals surface area (Å²) in [5, 5.41) is 0. The third-order valence-electron chi connectivity index (χ3n) is 6.22. The zero-order valence-corrected chi connectivity index (χ0v) is 18.3. The molecule has 1 aliphatic rings. The highest BCUT2D eigenvalue weighted by atomic mass is 16.5. The van der Waals surface area contributed by atoms with E-state index in [9.17, 15) is 9.59 Å². The van der Waals surface area contributed by atoms with Crippen LogP contribution in [0.15, 0.2) is 91.0 Å². The quantitative estimate of drug-likeness (QED) is 0.538. The van der Waals surface area contributed by atoms with Crippen molar-refractivity contribution in [3.63, 3.8) is 0 Å². The molecule has 0 aliphatic carbocycles. The summed E-state index contributed by atoms with van der Waals surface area (Å²) in [5.74, 6) is -2.23. The number of carbonyl (C=O) groups is 2. The maximum Gasteiger partial charge on any atom is 0.311 e. The van der Waals surface area contributed by atoms with Gasteiger partial charge in [-0.05, 0) is 16.7 Å². The van der Waals surface area contributed by atoms with Crippen LogP contribution in [0.3, 0.4) is 0 Å². The Bertz CT molecular complexity index is 974. The second kappa shape index (κ2) is 9.79. The van der Waals surface area contributed by atoms with Crippen molar-refractivity contribution in [2.45, 2.75) is 18.6 Å². The number of hydrogen-bond donors (Lipinski definition) is 0. The minimum atomic E-state index is -0.705. The lowest BCUT2D eigenvalue weighted by Crippen LogP contribution is -2.32. The summed E-state index contributed by atoms with van der Waals surface area (Å²) in [5.41, 5.74) is 3.03. The first-order valence-corrected chi connectivity index (χ1v) is 10.7. The summed E-state index contributed by atoms with van der Waals surface area (Å²) in [7, 11) is 2.74. The monoisotopic (exact) mass is 429 g/mol. The van der Waals surface area contributed by atoms with E-state index in [1.54, 1.807) is 0 Å². The van der Waals surface area contributed by atoms with Crippen LogP contribution >= 0.6 is 0 Å². The van der Waals surface area contributed by atoms with Gasteiger partial charge in [0.2, 0.25) is 0 Å². The Morgan fingerprint density at radius 3 is 1.41 bits per heavy atom. The molecule has 0 N–H and O–H groups in total. The molecule has 1 heterocycles. The highest BCUT2D eigenvalue weighted by Gasteiger charge is 2.57. The third kappa shape index (κ3) is 4.16. The summed E-state index contributed by atoms with van der Waals surface area (Å²) >= 11 is 0. The minimum Gasteiger partial charge on any atom is -0.469 e. The average molecular weight is 430 g/mol. The first kappa shape index (κ1) is 21.8. The van der Waals surface area contributed by atoms with Crippen LogP contribution in [0.4, 0.5) is 0 Å². The van der Waals surface area contributed by atoms with Crippen LogP contribution < -0.4 is 0 Å². The predicted molar refractivity (Wildman–Crippen MR) is 121 cm³/mol. The van der Waals surface area contributed by atoms with E-state index in [1.165, 1.54) is 14.2 Å². The summed E-state index contributed by atoms with van der Waals surface area (Å²) < 4.78 is 10.4. The molecule has 0 radical (unpaired) electrons. The molecule has 0 unspecified atom stereocenters. The lowest BCUT2D eigenvalue weighted by Gasteiger charge is -2.32. The van der Waals surface area contributed by atoms with Crippen molar-refractivity contribution < 1.29 is 19.1 Å². The summed E-state index contributed by atoms with van der Waals surface area (Å²) in [6, 6.07) is 29.1. The lowest BCUT2D eigenvalue weighted by molar-refractivity contribution is -0.157. The Morgan fingerprint density at radius 2 is 1.03 bits per heavy atom. The SMILES string of the molecule is COC(=O)[C@H]1[C@H](C(=O)OC)[C@@H](c2ccccc2)N(Cc2ccccc2)[C@@H]1c1ccccc1. The second-order valence-electron chi connectivity index (χ2n) is 7.97. The maximum atomic E-state index is 13.1. The number of methoxy groups -OCH3 is 2. The maximum absolute atomic E-state index is 13.1. The van der Waals surface area contributed by atoms with E-state index in [4.69, 9.17) is 9.47 Å². The fourth-order valence-electron chi connectivity index (χ4n) is 4.89. The molecule has 0 spiro atoms. The van der Waals surface area contributed by atoms with Crippen molar-refractivity contribution in [3.05, 3.63) is 108 Å². The fourth-order valence-corrected chi connectivity index (χ4v) is 4.89. The molecule has 5 heteroatoms. The zero-order chi connectivity index (χ0) is 22.5. The Labute approximate surface area is 188 Å². The summed E-state index contributed by atoms with van der Waals surface area (Å²) in [4.78, 5) is 28.5. The van der Waals surface area contributed by atoms with Crippen LogP contribution in [0.2, 0.25) is 0 Å². The largest absolute Gasteiger partial charge is 0.469 e. The van der Waals surface area contributed by atoms with Crippen molar-refractivity contribution in [1.82, 2.24) is 4.90 Å². The van der Waals surface area contributed by atoms with Gasteiger partial charge in [0.05, 0.1) is 38.1 Å². The van der Waals surface area contributed by atoms with Gasteiger partial charge >= 0.3 is 11.9 Å². The van der Waals surface area contributed by atoms with Gasteiger partial charge in [-0.25, -0.2) is 0 Å². The van der Waals surface area contributed by atoms with Gasteiger partial charge in [-0.2, -0.15) is 0 Å². The van der Waals surface area contributed by atoms with Crippen molar-refractivity contribution in [1.29, 1.82) is 0 Å². The smallest absolute Gasteiger partial charge is 0.311 e. The molecule has 3 aromatic rings. The van der Waals surface area contributed by atoms with Crippen LogP contribution in [-0.4, -0.2) is 31.1 Å². The summed E-state index contributed by atoms with van der Waals surface area (Å²) in [6.07, 6.45) is 0. The van der Waals surface area contributed by atoms with Crippen LogP contribution in [0.25, 0.3) is 0 Å². The number of ether oxygens (including phenoxy) is 2. The van der Waals surface area contributed by atoms with Gasteiger partial charge in [-0.15, -0.1) is 0 Å². The Balaban J connectivity index is 1.92. The lowest BCUT2D eigenvalue weighted by atomic mass is 9.82. The first-order chi connectivity index (χ1) is 15.7. The summed E-state index contributed by atoms with van der Waals surface area (Å²) in [6.45, 7) is 0.570. The molecular weight excluding hydrogens is 402 g/mol. The average Bonchev–Trinajstić information content (AvgIpc) is 3.19.